The minimum Gasteiger partial charge on any atom is -0.480 e. The first-order valence-electron chi connectivity index (χ1n) is 17.8. The van der Waals surface area contributed by atoms with E-state index in [1.807, 2.05) is 13.0 Å². The Hall–Kier alpha value is -2.97. The summed E-state index contributed by atoms with van der Waals surface area (Å²) in [5.41, 5.74) is 0.437. The van der Waals surface area contributed by atoms with Gasteiger partial charge in [-0.2, -0.15) is 5.06 Å². The van der Waals surface area contributed by atoms with Crippen molar-refractivity contribution in [2.45, 2.75) is 132 Å². The van der Waals surface area contributed by atoms with Crippen molar-refractivity contribution in [3.05, 3.63) is 29.9 Å². The standard InChI is InChI=1S/C38H55N3O6/c1-23(42)47-41(27(31(44)45)18-24-21-39-22-40-24)32(46)35(5)15-14-34(4)16-17-37(7)25(26(34)20-35)19-28(43)30-36(6)12-9-11-33(2,3)29(36)10-13-38(30,37)8/h19,21-22,26-27,29-30H,9-18,20H2,1-8H3,(H,39,40)(H,44,45)/t26-,27+,29?,30?,34+,35?,36-,37+,38+/m0/s1. The van der Waals surface area contributed by atoms with E-state index < -0.39 is 29.3 Å². The van der Waals surface area contributed by atoms with Crippen molar-refractivity contribution in [3.8, 4) is 0 Å². The van der Waals surface area contributed by atoms with Crippen molar-refractivity contribution in [2.75, 3.05) is 0 Å². The van der Waals surface area contributed by atoms with Gasteiger partial charge in [-0.1, -0.05) is 60.5 Å². The molecule has 5 aliphatic rings. The lowest BCUT2D eigenvalue weighted by atomic mass is 9.33. The van der Waals surface area contributed by atoms with Gasteiger partial charge in [0.25, 0.3) is 5.91 Å². The third kappa shape index (κ3) is 5.03. The van der Waals surface area contributed by atoms with Crippen LogP contribution in [0.25, 0.3) is 0 Å². The molecule has 1 heterocycles. The summed E-state index contributed by atoms with van der Waals surface area (Å²) >= 11 is 0. The van der Waals surface area contributed by atoms with E-state index in [4.69, 9.17) is 4.84 Å². The maximum absolute atomic E-state index is 14.6. The van der Waals surface area contributed by atoms with Crippen LogP contribution in [0.1, 0.15) is 125 Å². The van der Waals surface area contributed by atoms with Gasteiger partial charge in [-0.3, -0.25) is 14.4 Å². The number of hydrogen-bond acceptors (Lipinski definition) is 6. The molecule has 4 saturated carbocycles. The third-order valence-electron chi connectivity index (χ3n) is 14.8. The largest absolute Gasteiger partial charge is 0.480 e. The molecule has 2 N–H and O–H groups in total. The quantitative estimate of drug-likeness (QED) is 0.326. The van der Waals surface area contributed by atoms with E-state index in [1.54, 1.807) is 0 Å². The first kappa shape index (κ1) is 33.9. The molecule has 1 amide bonds. The fraction of sp³-hybridized carbons (Fsp3) is 0.763. The van der Waals surface area contributed by atoms with Gasteiger partial charge in [-0.15, -0.1) is 0 Å². The van der Waals surface area contributed by atoms with Crippen molar-refractivity contribution in [3.63, 3.8) is 0 Å². The van der Waals surface area contributed by atoms with Crippen LogP contribution < -0.4 is 0 Å². The minimum atomic E-state index is -1.42. The van der Waals surface area contributed by atoms with Gasteiger partial charge in [0.05, 0.1) is 11.7 Å². The van der Waals surface area contributed by atoms with Gasteiger partial charge in [0, 0.05) is 31.2 Å². The van der Waals surface area contributed by atoms with Crippen LogP contribution in [0.3, 0.4) is 0 Å². The maximum atomic E-state index is 14.6. The second-order valence-electron chi connectivity index (χ2n) is 17.9. The number of aliphatic carboxylic acids is 1. The molecule has 0 radical (unpaired) electrons. The molecule has 4 fully saturated rings. The SMILES string of the molecule is CC(=O)ON(C(=O)C1(C)CC[C@]2(C)CC[C@]3(C)C(=CC(=O)C4[C@@]5(C)CCCC(C)(C)C5CC[C@]43C)[C@@H]2C1)[C@H](Cc1cnc[nH]1)C(=O)O. The van der Waals surface area contributed by atoms with Crippen LogP contribution in [-0.4, -0.2) is 49.8 Å². The number of fused-ring (bicyclic) bond motifs is 7. The van der Waals surface area contributed by atoms with Gasteiger partial charge in [0.1, 0.15) is 0 Å². The number of allylic oxidation sites excluding steroid dienone is 2. The van der Waals surface area contributed by atoms with Crippen LogP contribution >= 0.6 is 0 Å². The number of carbonyl (C=O) groups is 4. The van der Waals surface area contributed by atoms with E-state index in [-0.39, 0.29) is 51.1 Å². The molecule has 0 spiro atoms. The molecule has 47 heavy (non-hydrogen) atoms. The lowest BCUT2D eigenvalue weighted by Crippen LogP contribution is -2.65. The molecule has 1 aromatic heterocycles. The number of aromatic amines is 1. The number of ketones is 1. The molecule has 258 valence electrons. The molecular weight excluding hydrogens is 594 g/mol. The van der Waals surface area contributed by atoms with Gasteiger partial charge >= 0.3 is 11.9 Å². The van der Waals surface area contributed by atoms with Crippen molar-refractivity contribution in [1.29, 1.82) is 0 Å². The zero-order chi connectivity index (χ0) is 34.4. The Kier molecular flexibility index (Phi) is 7.96. The molecule has 0 aromatic carbocycles. The highest BCUT2D eigenvalue weighted by atomic mass is 16.7. The molecule has 0 aliphatic heterocycles. The van der Waals surface area contributed by atoms with Gasteiger partial charge in [-0.05, 0) is 103 Å². The third-order valence-corrected chi connectivity index (χ3v) is 14.8. The predicted molar refractivity (Wildman–Crippen MR) is 176 cm³/mol. The fourth-order valence-electron chi connectivity index (χ4n) is 12.0. The Labute approximate surface area is 279 Å². The number of carboxylic acid groups (broad SMARTS) is 1. The lowest BCUT2D eigenvalue weighted by molar-refractivity contribution is -0.218. The molecule has 9 nitrogen and oxygen atoms in total. The number of amides is 1. The molecule has 5 aliphatic carbocycles. The topological polar surface area (TPSA) is 130 Å². The Morgan fingerprint density at radius 3 is 2.36 bits per heavy atom. The number of nitrogens with one attached hydrogen (secondary N) is 1. The number of carboxylic acids is 1. The molecule has 0 saturated heterocycles. The van der Waals surface area contributed by atoms with Crippen LogP contribution in [0.4, 0.5) is 0 Å². The molecule has 1 aromatic rings. The summed E-state index contributed by atoms with van der Waals surface area (Å²) in [6, 6.07) is -1.42. The molecule has 0 bridgehead atoms. The van der Waals surface area contributed by atoms with Gasteiger partial charge < -0.3 is 14.9 Å². The van der Waals surface area contributed by atoms with E-state index in [0.717, 1.165) is 50.0 Å². The second kappa shape index (κ2) is 11.0. The van der Waals surface area contributed by atoms with E-state index in [0.29, 0.717) is 24.5 Å². The maximum Gasteiger partial charge on any atom is 0.330 e. The number of hydrogen-bond donors (Lipinski definition) is 2. The van der Waals surface area contributed by atoms with E-state index in [1.165, 1.54) is 31.4 Å². The second-order valence-corrected chi connectivity index (χ2v) is 17.9. The van der Waals surface area contributed by atoms with Crippen LogP contribution in [0.15, 0.2) is 24.2 Å². The summed E-state index contributed by atoms with van der Waals surface area (Å²) in [5, 5.41) is 11.0. The fourth-order valence-corrected chi connectivity index (χ4v) is 12.0. The number of nitrogens with zero attached hydrogens (tertiary/aromatic N) is 2. The Bertz CT molecular complexity index is 1500. The van der Waals surface area contributed by atoms with Crippen LogP contribution in [0, 0.1) is 50.2 Å². The van der Waals surface area contributed by atoms with Crippen molar-refractivity contribution in [2.24, 2.45) is 50.2 Å². The molecule has 9 atom stereocenters. The first-order valence-corrected chi connectivity index (χ1v) is 17.8. The normalized spacial score (nSPS) is 41.2. The Morgan fingerprint density at radius 2 is 1.72 bits per heavy atom. The summed E-state index contributed by atoms with van der Waals surface area (Å²) < 4.78 is 0. The van der Waals surface area contributed by atoms with Crippen molar-refractivity contribution < 1.29 is 29.1 Å². The number of H-pyrrole nitrogens is 1. The molecule has 9 heteroatoms. The van der Waals surface area contributed by atoms with Gasteiger partial charge in [-0.25, -0.2) is 9.78 Å². The van der Waals surface area contributed by atoms with E-state index in [2.05, 4.69) is 51.5 Å². The summed E-state index contributed by atoms with van der Waals surface area (Å²) in [7, 11) is 0. The van der Waals surface area contributed by atoms with Crippen LogP contribution in [0.5, 0.6) is 0 Å². The minimum absolute atomic E-state index is 0.0194. The number of rotatable bonds is 5. The number of carbonyl (C=O) groups excluding carboxylic acids is 3. The number of aromatic nitrogens is 2. The number of hydroxylamine groups is 2. The first-order chi connectivity index (χ1) is 21.8. The Balaban J connectivity index is 1.37. The highest BCUT2D eigenvalue weighted by Gasteiger charge is 2.69. The van der Waals surface area contributed by atoms with E-state index in [9.17, 15) is 24.3 Å². The van der Waals surface area contributed by atoms with Gasteiger partial charge in [0.2, 0.25) is 0 Å². The summed E-state index contributed by atoms with van der Waals surface area (Å²) in [6.45, 7) is 17.4. The zero-order valence-electron chi connectivity index (χ0n) is 29.7. The van der Waals surface area contributed by atoms with Crippen LogP contribution in [-0.2, 0) is 30.4 Å². The Morgan fingerprint density at radius 1 is 1.02 bits per heavy atom. The lowest BCUT2D eigenvalue weighted by Gasteiger charge is -2.70. The average Bonchev–Trinajstić information content (AvgIpc) is 3.49. The van der Waals surface area contributed by atoms with Crippen molar-refractivity contribution in [1.82, 2.24) is 15.0 Å². The van der Waals surface area contributed by atoms with Gasteiger partial charge in [0.15, 0.2) is 11.8 Å². The van der Waals surface area contributed by atoms with E-state index >= 15 is 0 Å². The average molecular weight is 650 g/mol. The zero-order valence-corrected chi connectivity index (χ0v) is 29.7. The monoisotopic (exact) mass is 649 g/mol. The highest BCUT2D eigenvalue weighted by Crippen LogP contribution is 2.75. The smallest absolute Gasteiger partial charge is 0.330 e. The van der Waals surface area contributed by atoms with Crippen molar-refractivity contribution >= 4 is 23.6 Å². The molecule has 6 rings (SSSR count). The highest BCUT2D eigenvalue weighted by molar-refractivity contribution is 5.96. The summed E-state index contributed by atoms with van der Waals surface area (Å²) in [6.07, 6.45) is 14.3. The molecular formula is C38H55N3O6. The summed E-state index contributed by atoms with van der Waals surface area (Å²) in [4.78, 5) is 66.3. The number of imidazole rings is 1. The summed E-state index contributed by atoms with van der Waals surface area (Å²) in [5.74, 6) is -1.78. The van der Waals surface area contributed by atoms with Crippen LogP contribution in [0.2, 0.25) is 0 Å². The molecule has 3 unspecified atom stereocenters. The predicted octanol–water partition coefficient (Wildman–Crippen LogP) is 7.08.